The van der Waals surface area contributed by atoms with E-state index in [1.165, 1.54) is 29.2 Å². The largest absolute Gasteiger partial charge is 0.151 e. The third-order valence-corrected chi connectivity index (χ3v) is 2.89. The summed E-state index contributed by atoms with van der Waals surface area (Å²) in [5, 5.41) is 7.31. The molecule has 62 valence electrons. The van der Waals surface area contributed by atoms with Gasteiger partial charge in [-0.2, -0.15) is 11.3 Å². The van der Waals surface area contributed by atoms with E-state index < -0.39 is 0 Å². The van der Waals surface area contributed by atoms with Gasteiger partial charge in [0.15, 0.2) is 0 Å². The Hall–Kier alpha value is -0.820. The second-order valence-corrected chi connectivity index (χ2v) is 3.79. The number of hydrogen-bond acceptors (Lipinski definition) is 1. The Labute approximate surface area is 76.8 Å². The lowest BCUT2D eigenvalue weighted by Gasteiger charge is -1.99. The molecule has 2 rings (SSSR count). The molecule has 0 aliphatic rings. The zero-order valence-electron chi connectivity index (χ0n) is 7.21. The Balaban J connectivity index is 2.57. The zero-order valence-corrected chi connectivity index (χ0v) is 8.03. The molecule has 12 heavy (non-hydrogen) atoms. The van der Waals surface area contributed by atoms with E-state index in [2.05, 4.69) is 35.9 Å². The molecule has 2 aromatic rings. The van der Waals surface area contributed by atoms with Gasteiger partial charge in [-0.15, -0.1) is 0 Å². The van der Waals surface area contributed by atoms with Crippen molar-refractivity contribution in [3.63, 3.8) is 0 Å². The van der Waals surface area contributed by atoms with Gasteiger partial charge in [0.1, 0.15) is 0 Å². The van der Waals surface area contributed by atoms with Gasteiger partial charge in [0.2, 0.25) is 0 Å². The van der Waals surface area contributed by atoms with Crippen molar-refractivity contribution in [2.75, 3.05) is 0 Å². The number of hydrogen-bond donors (Lipinski definition) is 0. The molecule has 0 spiro atoms. The highest BCUT2D eigenvalue weighted by atomic mass is 32.1. The molecule has 0 radical (unpaired) electrons. The van der Waals surface area contributed by atoms with Crippen LogP contribution in [0.4, 0.5) is 0 Å². The first-order chi connectivity index (χ1) is 5.92. The quantitative estimate of drug-likeness (QED) is 0.652. The molecule has 1 aromatic heterocycles. The number of benzene rings is 1. The van der Waals surface area contributed by atoms with Crippen LogP contribution < -0.4 is 0 Å². The van der Waals surface area contributed by atoms with Crippen molar-refractivity contribution >= 4 is 22.1 Å². The summed E-state index contributed by atoms with van der Waals surface area (Å²) in [5.41, 5.74) is 1.50. The van der Waals surface area contributed by atoms with Crippen LogP contribution in [-0.4, -0.2) is 0 Å². The van der Waals surface area contributed by atoms with Crippen molar-refractivity contribution in [1.29, 1.82) is 0 Å². The van der Waals surface area contributed by atoms with Crippen molar-refractivity contribution < 1.29 is 0 Å². The molecule has 0 bridgehead atoms. The Morgan fingerprint density at radius 1 is 1.25 bits per heavy atom. The van der Waals surface area contributed by atoms with Crippen LogP contribution in [0.1, 0.15) is 18.9 Å². The maximum Gasteiger partial charge on any atom is -0.00117 e. The molecule has 0 nitrogen and oxygen atoms in total. The molecule has 0 amide bonds. The Morgan fingerprint density at radius 2 is 2.17 bits per heavy atom. The molecule has 0 N–H and O–H groups in total. The maximum atomic E-state index is 2.25. The van der Waals surface area contributed by atoms with E-state index in [1.807, 2.05) is 0 Å². The molecule has 0 saturated carbocycles. The molecule has 1 aromatic carbocycles. The van der Waals surface area contributed by atoms with Crippen molar-refractivity contribution in [3.05, 3.63) is 34.5 Å². The van der Waals surface area contributed by atoms with E-state index in [-0.39, 0.29) is 0 Å². The highest BCUT2D eigenvalue weighted by molar-refractivity contribution is 7.09. The van der Waals surface area contributed by atoms with Gasteiger partial charge in [-0.3, -0.25) is 0 Å². The van der Waals surface area contributed by atoms with Gasteiger partial charge in [0.05, 0.1) is 0 Å². The fourth-order valence-corrected chi connectivity index (χ4v) is 2.39. The average molecular weight is 176 g/mol. The predicted octanol–water partition coefficient (Wildman–Crippen LogP) is 3.85. The van der Waals surface area contributed by atoms with Crippen molar-refractivity contribution in [1.82, 2.24) is 0 Å². The van der Waals surface area contributed by atoms with Crippen LogP contribution in [0.2, 0.25) is 0 Å². The van der Waals surface area contributed by atoms with Crippen LogP contribution in [0.5, 0.6) is 0 Å². The van der Waals surface area contributed by atoms with Crippen LogP contribution in [0.25, 0.3) is 10.8 Å². The van der Waals surface area contributed by atoms with Crippen molar-refractivity contribution in [2.45, 2.75) is 19.8 Å². The summed E-state index contributed by atoms with van der Waals surface area (Å²) in [4.78, 5) is 0. The fourth-order valence-electron chi connectivity index (χ4n) is 1.54. The molecule has 0 atom stereocenters. The van der Waals surface area contributed by atoms with Crippen LogP contribution >= 0.6 is 11.3 Å². The SMILES string of the molecule is CCCc1cccc2cscc12. The highest BCUT2D eigenvalue weighted by Gasteiger charge is 1.99. The standard InChI is InChI=1S/C11H12S/c1-2-4-9-5-3-6-10-7-12-8-11(9)10/h3,5-8H,2,4H2,1H3. The number of fused-ring (bicyclic) bond motifs is 1. The molecule has 1 heterocycles. The van der Waals surface area contributed by atoms with Crippen LogP contribution in [0.3, 0.4) is 0 Å². The smallest absolute Gasteiger partial charge is 0.00117 e. The summed E-state index contributed by atoms with van der Waals surface area (Å²) in [6, 6.07) is 6.57. The molecule has 0 aliphatic heterocycles. The van der Waals surface area contributed by atoms with E-state index in [0.29, 0.717) is 0 Å². The van der Waals surface area contributed by atoms with E-state index in [9.17, 15) is 0 Å². The van der Waals surface area contributed by atoms with E-state index in [4.69, 9.17) is 0 Å². The summed E-state index contributed by atoms with van der Waals surface area (Å²) >= 11 is 1.79. The summed E-state index contributed by atoms with van der Waals surface area (Å²) in [6.45, 7) is 2.23. The van der Waals surface area contributed by atoms with Gasteiger partial charge in [0.25, 0.3) is 0 Å². The van der Waals surface area contributed by atoms with Gasteiger partial charge in [0, 0.05) is 0 Å². The third kappa shape index (κ3) is 1.25. The summed E-state index contributed by atoms with van der Waals surface area (Å²) < 4.78 is 0. The minimum Gasteiger partial charge on any atom is -0.151 e. The minimum atomic E-state index is 1.20. The van der Waals surface area contributed by atoms with E-state index in [1.54, 1.807) is 11.3 Å². The Morgan fingerprint density at radius 3 is 3.00 bits per heavy atom. The maximum absolute atomic E-state index is 2.25. The second kappa shape index (κ2) is 3.28. The fraction of sp³-hybridized carbons (Fsp3) is 0.273. The molecule has 0 fully saturated rings. The average Bonchev–Trinajstić information content (AvgIpc) is 2.53. The lowest BCUT2D eigenvalue weighted by Crippen LogP contribution is -1.82. The first-order valence-corrected chi connectivity index (χ1v) is 5.30. The molecule has 0 aliphatic carbocycles. The minimum absolute atomic E-state index is 1.20. The van der Waals surface area contributed by atoms with Crippen LogP contribution in [0, 0.1) is 0 Å². The summed E-state index contributed by atoms with van der Waals surface area (Å²) in [7, 11) is 0. The lowest BCUT2D eigenvalue weighted by atomic mass is 10.1. The van der Waals surface area contributed by atoms with Crippen molar-refractivity contribution in [3.8, 4) is 0 Å². The van der Waals surface area contributed by atoms with Gasteiger partial charge < -0.3 is 0 Å². The van der Waals surface area contributed by atoms with Gasteiger partial charge in [-0.05, 0) is 33.5 Å². The monoisotopic (exact) mass is 176 g/mol. The predicted molar refractivity (Wildman–Crippen MR) is 55.8 cm³/mol. The highest BCUT2D eigenvalue weighted by Crippen LogP contribution is 2.23. The van der Waals surface area contributed by atoms with Gasteiger partial charge >= 0.3 is 0 Å². The number of thiophene rings is 1. The summed E-state index contributed by atoms with van der Waals surface area (Å²) in [5.74, 6) is 0. The van der Waals surface area contributed by atoms with E-state index >= 15 is 0 Å². The first-order valence-electron chi connectivity index (χ1n) is 4.35. The summed E-state index contributed by atoms with van der Waals surface area (Å²) in [6.07, 6.45) is 2.43. The van der Waals surface area contributed by atoms with Crippen LogP contribution in [-0.2, 0) is 6.42 Å². The van der Waals surface area contributed by atoms with Gasteiger partial charge in [-0.1, -0.05) is 31.5 Å². The Kier molecular flexibility index (Phi) is 2.13. The number of aryl methyl sites for hydroxylation is 1. The zero-order chi connectivity index (χ0) is 8.39. The molecule has 1 heteroatoms. The second-order valence-electron chi connectivity index (χ2n) is 3.04. The van der Waals surface area contributed by atoms with Crippen molar-refractivity contribution in [2.24, 2.45) is 0 Å². The van der Waals surface area contributed by atoms with Gasteiger partial charge in [-0.25, -0.2) is 0 Å². The Bertz CT molecular complexity index is 373. The third-order valence-electron chi connectivity index (χ3n) is 2.13. The van der Waals surface area contributed by atoms with Crippen LogP contribution in [0.15, 0.2) is 29.0 Å². The van der Waals surface area contributed by atoms with E-state index in [0.717, 1.165) is 0 Å². The topological polar surface area (TPSA) is 0 Å². The number of rotatable bonds is 2. The molecular formula is C11H12S. The lowest BCUT2D eigenvalue weighted by molar-refractivity contribution is 0.930. The first kappa shape index (κ1) is 7.81. The molecule has 0 unspecified atom stereocenters. The molecular weight excluding hydrogens is 164 g/mol. The normalized spacial score (nSPS) is 10.8. The molecule has 0 saturated heterocycles.